The number of benzene rings is 1. The van der Waals surface area contributed by atoms with Gasteiger partial charge in [-0.1, -0.05) is 45.0 Å². The summed E-state index contributed by atoms with van der Waals surface area (Å²) in [5.74, 6) is -0.0348. The van der Waals surface area contributed by atoms with Crippen molar-refractivity contribution in [2.75, 3.05) is 0 Å². The summed E-state index contributed by atoms with van der Waals surface area (Å²) in [6.07, 6.45) is 0.949. The van der Waals surface area contributed by atoms with Gasteiger partial charge in [0.05, 0.1) is 6.54 Å². The Hall–Kier alpha value is -1.70. The number of rotatable bonds is 8. The van der Waals surface area contributed by atoms with E-state index < -0.39 is 10.0 Å². The zero-order valence-corrected chi connectivity index (χ0v) is 17.2. The molecular formula is C19H26N2O3S2. The second-order valence-corrected chi connectivity index (χ2v) is 9.68. The molecule has 1 aromatic heterocycles. The summed E-state index contributed by atoms with van der Waals surface area (Å²) in [7, 11) is -3.63. The van der Waals surface area contributed by atoms with Gasteiger partial charge in [0.2, 0.25) is 5.91 Å². The molecule has 2 rings (SSSR count). The minimum atomic E-state index is -3.63. The first kappa shape index (κ1) is 20.6. The van der Waals surface area contributed by atoms with Gasteiger partial charge < -0.3 is 5.32 Å². The van der Waals surface area contributed by atoms with Crippen LogP contribution in [0.2, 0.25) is 0 Å². The maximum absolute atomic E-state index is 12.8. The summed E-state index contributed by atoms with van der Waals surface area (Å²) in [6, 6.07) is 11.1. The molecule has 0 aliphatic rings. The van der Waals surface area contributed by atoms with Gasteiger partial charge in [-0.25, -0.2) is 13.1 Å². The number of hydrogen-bond donors (Lipinski definition) is 2. The van der Waals surface area contributed by atoms with Gasteiger partial charge in [-0.3, -0.25) is 4.79 Å². The highest BCUT2D eigenvalue weighted by atomic mass is 32.2. The quantitative estimate of drug-likeness (QED) is 0.718. The Morgan fingerprint density at radius 3 is 2.31 bits per heavy atom. The van der Waals surface area contributed by atoms with Gasteiger partial charge in [0.25, 0.3) is 10.0 Å². The van der Waals surface area contributed by atoms with Gasteiger partial charge in [0, 0.05) is 17.8 Å². The molecule has 0 saturated heterocycles. The predicted octanol–water partition coefficient (Wildman–Crippen LogP) is 3.62. The lowest BCUT2D eigenvalue weighted by Gasteiger charge is -2.22. The molecule has 142 valence electrons. The Kier molecular flexibility index (Phi) is 6.97. The van der Waals surface area contributed by atoms with Gasteiger partial charge in [-0.05, 0) is 35.6 Å². The smallest absolute Gasteiger partial charge is 0.250 e. The number of amides is 1. The lowest BCUT2D eigenvalue weighted by molar-refractivity contribution is -0.119. The van der Waals surface area contributed by atoms with Crippen LogP contribution in [0, 0.1) is 5.92 Å². The first-order valence-electron chi connectivity index (χ1n) is 8.67. The van der Waals surface area contributed by atoms with E-state index in [4.69, 9.17) is 0 Å². The van der Waals surface area contributed by atoms with Crippen molar-refractivity contribution in [2.45, 2.75) is 50.9 Å². The van der Waals surface area contributed by atoms with Crippen LogP contribution in [0.25, 0.3) is 0 Å². The molecule has 0 aliphatic heterocycles. The molecule has 1 amide bonds. The van der Waals surface area contributed by atoms with Crippen LogP contribution in [0.15, 0.2) is 40.6 Å². The molecule has 7 heteroatoms. The Morgan fingerprint density at radius 1 is 1.12 bits per heavy atom. The van der Waals surface area contributed by atoms with E-state index in [2.05, 4.69) is 17.0 Å². The summed E-state index contributed by atoms with van der Waals surface area (Å²) < 4.78 is 28.7. The summed E-state index contributed by atoms with van der Waals surface area (Å²) >= 11 is 1.17. The van der Waals surface area contributed by atoms with Gasteiger partial charge >= 0.3 is 0 Å². The highest BCUT2D eigenvalue weighted by Gasteiger charge is 2.25. The number of aryl methyl sites for hydroxylation is 1. The minimum Gasteiger partial charge on any atom is -0.351 e. The molecule has 0 aliphatic carbocycles. The van der Waals surface area contributed by atoms with E-state index in [9.17, 15) is 13.2 Å². The monoisotopic (exact) mass is 394 g/mol. The fraction of sp³-hybridized carbons (Fsp3) is 0.421. The van der Waals surface area contributed by atoms with E-state index in [-0.39, 0.29) is 22.1 Å². The highest BCUT2D eigenvalue weighted by Crippen LogP contribution is 2.27. The van der Waals surface area contributed by atoms with E-state index in [0.29, 0.717) is 6.54 Å². The lowest BCUT2D eigenvalue weighted by Crippen LogP contribution is -2.31. The molecule has 1 atom stereocenters. The Balaban J connectivity index is 2.19. The van der Waals surface area contributed by atoms with E-state index in [1.807, 2.05) is 38.1 Å². The Morgan fingerprint density at radius 2 is 1.77 bits per heavy atom. The van der Waals surface area contributed by atoms with E-state index in [1.165, 1.54) is 23.8 Å². The zero-order chi connectivity index (χ0) is 19.3. The molecule has 0 spiro atoms. The van der Waals surface area contributed by atoms with Crippen molar-refractivity contribution in [2.24, 2.45) is 5.92 Å². The molecule has 5 nitrogen and oxygen atoms in total. The molecule has 0 saturated carbocycles. The molecule has 0 radical (unpaired) electrons. The fourth-order valence-corrected chi connectivity index (χ4v) is 5.27. The van der Waals surface area contributed by atoms with Crippen molar-refractivity contribution in [3.63, 3.8) is 0 Å². The topological polar surface area (TPSA) is 75.3 Å². The zero-order valence-electron chi connectivity index (χ0n) is 15.6. The highest BCUT2D eigenvalue weighted by molar-refractivity contribution is 7.91. The SMILES string of the molecule is CCc1ccc([C@H](NS(=O)(=O)c2ccc(CNC(C)=O)s2)C(C)C)cc1. The first-order chi connectivity index (χ1) is 12.2. The van der Waals surface area contributed by atoms with E-state index >= 15 is 0 Å². The third-order valence-electron chi connectivity index (χ3n) is 4.11. The fourth-order valence-electron chi connectivity index (χ4n) is 2.58. The van der Waals surface area contributed by atoms with Crippen LogP contribution in [-0.2, 0) is 27.8 Å². The van der Waals surface area contributed by atoms with Crippen molar-refractivity contribution >= 4 is 27.3 Å². The molecule has 2 aromatic rings. The van der Waals surface area contributed by atoms with Gasteiger partial charge in [-0.2, -0.15) is 0 Å². The largest absolute Gasteiger partial charge is 0.351 e. The molecule has 0 bridgehead atoms. The summed E-state index contributed by atoms with van der Waals surface area (Å²) in [6.45, 7) is 7.85. The van der Waals surface area contributed by atoms with Crippen molar-refractivity contribution < 1.29 is 13.2 Å². The van der Waals surface area contributed by atoms with E-state index in [1.54, 1.807) is 12.1 Å². The minimum absolute atomic E-state index is 0.107. The molecular weight excluding hydrogens is 368 g/mol. The van der Waals surface area contributed by atoms with E-state index in [0.717, 1.165) is 16.9 Å². The van der Waals surface area contributed by atoms with Gasteiger partial charge in [-0.15, -0.1) is 11.3 Å². The van der Waals surface area contributed by atoms with Crippen LogP contribution in [0.4, 0.5) is 0 Å². The molecule has 1 aromatic carbocycles. The van der Waals surface area contributed by atoms with Gasteiger partial charge in [0.1, 0.15) is 4.21 Å². The average molecular weight is 395 g/mol. The average Bonchev–Trinajstić information content (AvgIpc) is 3.08. The number of nitrogens with one attached hydrogen (secondary N) is 2. The molecule has 0 fully saturated rings. The summed E-state index contributed by atoms with van der Waals surface area (Å²) in [5.41, 5.74) is 2.18. The predicted molar refractivity (Wildman–Crippen MR) is 106 cm³/mol. The second-order valence-electron chi connectivity index (χ2n) is 6.57. The number of thiophene rings is 1. The maximum atomic E-state index is 12.8. The van der Waals surface area contributed by atoms with Crippen molar-refractivity contribution in [3.8, 4) is 0 Å². The normalized spacial score (nSPS) is 13.0. The van der Waals surface area contributed by atoms with Crippen LogP contribution in [0.3, 0.4) is 0 Å². The Labute approximate surface area is 159 Å². The van der Waals surface area contributed by atoms with Crippen molar-refractivity contribution in [1.82, 2.24) is 10.0 Å². The third kappa shape index (κ3) is 5.40. The molecule has 0 unspecified atom stereocenters. The number of hydrogen-bond acceptors (Lipinski definition) is 4. The summed E-state index contributed by atoms with van der Waals surface area (Å²) in [5, 5.41) is 2.68. The molecule has 2 N–H and O–H groups in total. The lowest BCUT2D eigenvalue weighted by atomic mass is 9.96. The second kappa shape index (κ2) is 8.79. The number of sulfonamides is 1. The molecule has 26 heavy (non-hydrogen) atoms. The van der Waals surface area contributed by atoms with Crippen LogP contribution in [-0.4, -0.2) is 14.3 Å². The summed E-state index contributed by atoms with van der Waals surface area (Å²) in [4.78, 5) is 11.8. The Bertz CT molecular complexity index is 840. The first-order valence-corrected chi connectivity index (χ1v) is 11.0. The van der Waals surface area contributed by atoms with Crippen molar-refractivity contribution in [3.05, 3.63) is 52.4 Å². The van der Waals surface area contributed by atoms with Crippen LogP contribution in [0.1, 0.15) is 49.7 Å². The van der Waals surface area contributed by atoms with Crippen LogP contribution >= 0.6 is 11.3 Å². The number of carbonyl (C=O) groups excluding carboxylic acids is 1. The van der Waals surface area contributed by atoms with Crippen molar-refractivity contribution in [1.29, 1.82) is 0 Å². The molecule has 1 heterocycles. The van der Waals surface area contributed by atoms with Crippen LogP contribution < -0.4 is 10.0 Å². The standard InChI is InChI=1S/C19H26N2O3S2/c1-5-15-6-8-16(9-7-15)19(13(2)3)21-26(23,24)18-11-10-17(25-18)12-20-14(4)22/h6-11,13,19,21H,5,12H2,1-4H3,(H,20,22)/t19-/m1/s1. The third-order valence-corrected chi connectivity index (χ3v) is 7.13. The van der Waals surface area contributed by atoms with Crippen LogP contribution in [0.5, 0.6) is 0 Å². The number of carbonyl (C=O) groups is 1. The maximum Gasteiger partial charge on any atom is 0.250 e. The van der Waals surface area contributed by atoms with Gasteiger partial charge in [0.15, 0.2) is 0 Å².